The Hall–Kier alpha value is -5.57. The zero-order valence-electron chi connectivity index (χ0n) is 19.7. The third kappa shape index (κ3) is 4.63. The SMILES string of the molecule is O=C(O)/C(=N/OC(=O)n1cccc1)C(=O)c1cn(-c2ccccc2)c2ccc(C(=O)c3ccccc3)cc12. The van der Waals surface area contributed by atoms with E-state index < -0.39 is 23.6 Å². The maximum absolute atomic E-state index is 13.5. The molecule has 0 aliphatic rings. The number of aliphatic carboxylic acids is 1. The number of fused-ring (bicyclic) bond motifs is 1. The van der Waals surface area contributed by atoms with Crippen LogP contribution in [0.3, 0.4) is 0 Å². The summed E-state index contributed by atoms with van der Waals surface area (Å²) in [5.41, 5.74) is 1.05. The summed E-state index contributed by atoms with van der Waals surface area (Å²) in [4.78, 5) is 55.4. The molecule has 0 saturated carbocycles. The minimum atomic E-state index is -1.67. The lowest BCUT2D eigenvalue weighted by atomic mass is 9.99. The van der Waals surface area contributed by atoms with Crippen molar-refractivity contribution in [2.45, 2.75) is 0 Å². The maximum Gasteiger partial charge on any atom is 0.444 e. The molecule has 2 aromatic heterocycles. The van der Waals surface area contributed by atoms with Gasteiger partial charge < -0.3 is 9.67 Å². The Kier molecular flexibility index (Phi) is 6.48. The van der Waals surface area contributed by atoms with Crippen LogP contribution in [0.5, 0.6) is 0 Å². The Morgan fingerprint density at radius 3 is 2.08 bits per heavy atom. The highest BCUT2D eigenvalue weighted by molar-refractivity contribution is 6.68. The first-order valence-corrected chi connectivity index (χ1v) is 11.4. The molecule has 0 saturated heterocycles. The number of hydrogen-bond donors (Lipinski definition) is 1. The number of Topliss-reactive ketones (excluding diaryl/α,β-unsaturated/α-hetero) is 1. The van der Waals surface area contributed by atoms with Crippen LogP contribution in [0.4, 0.5) is 4.79 Å². The molecule has 9 heteroatoms. The molecule has 0 atom stereocenters. The molecular weight excluding hydrogens is 486 g/mol. The van der Waals surface area contributed by atoms with Gasteiger partial charge in [-0.2, -0.15) is 0 Å². The van der Waals surface area contributed by atoms with Crippen molar-refractivity contribution in [2.75, 3.05) is 0 Å². The van der Waals surface area contributed by atoms with E-state index in [2.05, 4.69) is 5.16 Å². The molecular formula is C29H19N3O6. The molecule has 2 heterocycles. The molecule has 1 N–H and O–H groups in total. The highest BCUT2D eigenvalue weighted by Gasteiger charge is 2.27. The van der Waals surface area contributed by atoms with E-state index in [-0.39, 0.29) is 11.3 Å². The van der Waals surface area contributed by atoms with E-state index in [0.717, 1.165) is 4.57 Å². The fourth-order valence-corrected chi connectivity index (χ4v) is 4.00. The minimum Gasteiger partial charge on any atom is -0.476 e. The van der Waals surface area contributed by atoms with Gasteiger partial charge in [-0.05, 0) is 42.5 Å². The van der Waals surface area contributed by atoms with Crippen LogP contribution in [-0.4, -0.2) is 43.6 Å². The molecule has 0 unspecified atom stereocenters. The van der Waals surface area contributed by atoms with E-state index >= 15 is 0 Å². The molecule has 5 aromatic rings. The Bertz CT molecular complexity index is 1700. The second-order valence-electron chi connectivity index (χ2n) is 8.20. The van der Waals surface area contributed by atoms with Crippen LogP contribution < -0.4 is 0 Å². The highest BCUT2D eigenvalue weighted by atomic mass is 16.7. The molecule has 5 rings (SSSR count). The fraction of sp³-hybridized carbons (Fsp3) is 0. The number of rotatable bonds is 7. The second-order valence-corrected chi connectivity index (χ2v) is 8.20. The number of nitrogens with zero attached hydrogens (tertiary/aromatic N) is 3. The number of carbonyl (C=O) groups is 4. The molecule has 0 aliphatic carbocycles. The van der Waals surface area contributed by atoms with Crippen molar-refractivity contribution in [2.24, 2.45) is 5.16 Å². The van der Waals surface area contributed by atoms with Gasteiger partial charge in [-0.1, -0.05) is 53.7 Å². The quantitative estimate of drug-likeness (QED) is 0.110. The van der Waals surface area contributed by atoms with E-state index in [9.17, 15) is 24.3 Å². The van der Waals surface area contributed by atoms with Gasteiger partial charge in [0, 0.05) is 40.8 Å². The van der Waals surface area contributed by atoms with Gasteiger partial charge in [-0.15, -0.1) is 0 Å². The largest absolute Gasteiger partial charge is 0.476 e. The monoisotopic (exact) mass is 505 g/mol. The number of hydrogen-bond acceptors (Lipinski definition) is 6. The Morgan fingerprint density at radius 1 is 0.763 bits per heavy atom. The number of para-hydroxylation sites is 1. The van der Waals surface area contributed by atoms with Crippen molar-refractivity contribution in [1.82, 2.24) is 9.13 Å². The number of carboxylic acids is 1. The van der Waals surface area contributed by atoms with Gasteiger partial charge in [0.25, 0.3) is 0 Å². The third-order valence-electron chi connectivity index (χ3n) is 5.83. The van der Waals surface area contributed by atoms with Crippen LogP contribution in [0.15, 0.2) is 115 Å². The summed E-state index contributed by atoms with van der Waals surface area (Å²) >= 11 is 0. The maximum atomic E-state index is 13.5. The molecule has 0 bridgehead atoms. The van der Waals surface area contributed by atoms with Gasteiger partial charge in [0.1, 0.15) is 0 Å². The minimum absolute atomic E-state index is 0.0234. The molecule has 0 amide bonds. The average Bonchev–Trinajstić information content (AvgIpc) is 3.62. The number of carbonyl (C=O) groups excluding carboxylic acids is 3. The van der Waals surface area contributed by atoms with Crippen molar-refractivity contribution in [3.8, 4) is 5.69 Å². The van der Waals surface area contributed by atoms with Crippen LogP contribution >= 0.6 is 0 Å². The standard InChI is InChI=1S/C29H19N3O6/c33-26(19-9-3-1-4-10-19)20-13-14-24-22(17-20)23(18-32(24)21-11-5-2-6-12-21)27(34)25(28(35)36)30-38-29(37)31-15-7-8-16-31/h1-18H,(H,35,36)/b30-25+. The molecule has 0 fully saturated rings. The van der Waals surface area contributed by atoms with Crippen LogP contribution in [0, 0.1) is 0 Å². The van der Waals surface area contributed by atoms with Gasteiger partial charge >= 0.3 is 12.1 Å². The van der Waals surface area contributed by atoms with Gasteiger partial charge in [-0.3, -0.25) is 19.0 Å². The lowest BCUT2D eigenvalue weighted by Crippen LogP contribution is -2.25. The Morgan fingerprint density at radius 2 is 1.42 bits per heavy atom. The first-order chi connectivity index (χ1) is 18.4. The third-order valence-corrected chi connectivity index (χ3v) is 5.83. The van der Waals surface area contributed by atoms with Crippen LogP contribution in [0.1, 0.15) is 26.3 Å². The zero-order valence-corrected chi connectivity index (χ0v) is 19.7. The van der Waals surface area contributed by atoms with Crippen molar-refractivity contribution in [1.29, 1.82) is 0 Å². The average molecular weight is 505 g/mol. The molecule has 38 heavy (non-hydrogen) atoms. The zero-order chi connectivity index (χ0) is 26.6. The van der Waals surface area contributed by atoms with Crippen molar-refractivity contribution < 1.29 is 29.1 Å². The first kappa shape index (κ1) is 24.1. The Balaban J connectivity index is 1.61. The lowest BCUT2D eigenvalue weighted by Gasteiger charge is -2.06. The first-order valence-electron chi connectivity index (χ1n) is 11.4. The summed E-state index contributed by atoms with van der Waals surface area (Å²) in [7, 11) is 0. The molecule has 0 aliphatic heterocycles. The normalized spacial score (nSPS) is 11.3. The summed E-state index contributed by atoms with van der Waals surface area (Å²) in [6, 6.07) is 25.8. The number of carboxylic acid groups (broad SMARTS) is 1. The number of benzene rings is 3. The fourth-order valence-electron chi connectivity index (χ4n) is 4.00. The highest BCUT2D eigenvalue weighted by Crippen LogP contribution is 2.28. The Labute approximate surface area is 215 Å². The topological polar surface area (TPSA) is 120 Å². The summed E-state index contributed by atoms with van der Waals surface area (Å²) < 4.78 is 2.75. The van der Waals surface area contributed by atoms with E-state index in [0.29, 0.717) is 27.7 Å². The smallest absolute Gasteiger partial charge is 0.444 e. The predicted octanol–water partition coefficient (Wildman–Crippen LogP) is 4.97. The van der Waals surface area contributed by atoms with Gasteiger partial charge in [0.2, 0.25) is 11.5 Å². The van der Waals surface area contributed by atoms with E-state index in [1.807, 2.05) is 30.3 Å². The van der Waals surface area contributed by atoms with Crippen LogP contribution in [0.2, 0.25) is 0 Å². The molecule has 3 aromatic carbocycles. The summed E-state index contributed by atoms with van der Waals surface area (Å²) in [6.45, 7) is 0. The molecule has 9 nitrogen and oxygen atoms in total. The lowest BCUT2D eigenvalue weighted by molar-refractivity contribution is -0.129. The number of oxime groups is 1. The molecule has 0 radical (unpaired) electrons. The van der Waals surface area contributed by atoms with Gasteiger partial charge in [-0.25, -0.2) is 9.59 Å². The van der Waals surface area contributed by atoms with E-state index in [1.165, 1.54) is 18.6 Å². The summed E-state index contributed by atoms with van der Waals surface area (Å²) in [5.74, 6) is -2.92. The van der Waals surface area contributed by atoms with Crippen molar-refractivity contribution in [3.05, 3.63) is 126 Å². The van der Waals surface area contributed by atoms with Crippen LogP contribution in [-0.2, 0) is 9.63 Å². The predicted molar refractivity (Wildman–Crippen MR) is 139 cm³/mol. The van der Waals surface area contributed by atoms with E-state index in [4.69, 9.17) is 4.84 Å². The molecule has 0 spiro atoms. The van der Waals surface area contributed by atoms with Crippen LogP contribution in [0.25, 0.3) is 16.6 Å². The van der Waals surface area contributed by atoms with E-state index in [1.54, 1.807) is 65.2 Å². The molecule has 186 valence electrons. The van der Waals surface area contributed by atoms with Gasteiger partial charge in [0.15, 0.2) is 5.78 Å². The van der Waals surface area contributed by atoms with Gasteiger partial charge in [0.05, 0.1) is 11.1 Å². The second kappa shape index (κ2) is 10.2. The summed E-state index contributed by atoms with van der Waals surface area (Å²) in [5, 5.41) is 13.4. The van der Waals surface area contributed by atoms with Crippen molar-refractivity contribution in [3.63, 3.8) is 0 Å². The number of aromatic nitrogens is 2. The summed E-state index contributed by atoms with van der Waals surface area (Å²) in [6.07, 6.45) is 3.27. The number of ketones is 2. The van der Waals surface area contributed by atoms with Crippen molar-refractivity contribution >= 4 is 40.2 Å².